The van der Waals surface area contributed by atoms with Crippen molar-refractivity contribution in [3.63, 3.8) is 0 Å². The van der Waals surface area contributed by atoms with Crippen molar-refractivity contribution >= 4 is 26.5 Å². The first kappa shape index (κ1) is 13.9. The molecule has 6 nitrogen and oxygen atoms in total. The molecule has 102 valence electrons. The Morgan fingerprint density at radius 1 is 1.26 bits per heavy atom. The number of nitrogens with zero attached hydrogens (tertiary/aromatic N) is 2. The molecule has 8 heteroatoms. The molecule has 1 unspecified atom stereocenters. The minimum absolute atomic E-state index is 0.174. The number of rotatable bonds is 5. The van der Waals surface area contributed by atoms with E-state index in [1.165, 1.54) is 5.51 Å². The van der Waals surface area contributed by atoms with E-state index in [2.05, 4.69) is 20.2 Å². The predicted molar refractivity (Wildman–Crippen MR) is 74.6 cm³/mol. The highest BCUT2D eigenvalue weighted by molar-refractivity contribution is 7.93. The smallest absolute Gasteiger partial charge is 0.263 e. The Balaban J connectivity index is 2.21. The lowest BCUT2D eigenvalue weighted by Gasteiger charge is -2.11. The molecule has 0 saturated carbocycles. The number of hydrogen-bond donors (Lipinski definition) is 2. The molecule has 1 aromatic heterocycles. The molecule has 2 aromatic rings. The second-order valence-electron chi connectivity index (χ2n) is 3.93. The van der Waals surface area contributed by atoms with Gasteiger partial charge in [-0.1, -0.05) is 23.5 Å². The van der Waals surface area contributed by atoms with Crippen molar-refractivity contribution < 1.29 is 8.42 Å². The van der Waals surface area contributed by atoms with Crippen molar-refractivity contribution in [1.29, 1.82) is 0 Å². The van der Waals surface area contributed by atoms with Crippen LogP contribution in [0.4, 0.5) is 5.13 Å². The van der Waals surface area contributed by atoms with Gasteiger partial charge in [0.15, 0.2) is 0 Å². The summed E-state index contributed by atoms with van der Waals surface area (Å²) in [7, 11) is -1.74. The summed E-state index contributed by atoms with van der Waals surface area (Å²) in [5.74, 6) is 0. The molecule has 2 N–H and O–H groups in total. The van der Waals surface area contributed by atoms with Gasteiger partial charge in [0.25, 0.3) is 10.0 Å². The molecule has 19 heavy (non-hydrogen) atoms. The molecule has 1 heterocycles. The fourth-order valence-corrected chi connectivity index (χ4v) is 3.19. The summed E-state index contributed by atoms with van der Waals surface area (Å²) in [5.41, 5.74) is 2.49. The molecule has 0 amide bonds. The lowest BCUT2D eigenvalue weighted by Crippen LogP contribution is -2.14. The third kappa shape index (κ3) is 3.28. The Morgan fingerprint density at radius 2 is 1.95 bits per heavy atom. The number of aromatic nitrogens is 2. The monoisotopic (exact) mass is 298 g/mol. The normalized spacial score (nSPS) is 13.2. The van der Waals surface area contributed by atoms with Crippen molar-refractivity contribution in [3.8, 4) is 0 Å². The number of sulfonamides is 1. The zero-order chi connectivity index (χ0) is 13.9. The van der Waals surface area contributed by atoms with Gasteiger partial charge in [0.1, 0.15) is 5.51 Å². The fourth-order valence-electron chi connectivity index (χ4n) is 1.49. The van der Waals surface area contributed by atoms with Crippen molar-refractivity contribution in [2.45, 2.75) is 17.9 Å². The van der Waals surface area contributed by atoms with E-state index in [-0.39, 0.29) is 16.1 Å². The summed E-state index contributed by atoms with van der Waals surface area (Å²) in [6.07, 6.45) is 0. The Hall–Kier alpha value is -1.51. The largest absolute Gasteiger partial charge is 0.313 e. The van der Waals surface area contributed by atoms with E-state index in [0.717, 1.165) is 16.9 Å². The van der Waals surface area contributed by atoms with E-state index in [0.29, 0.717) is 0 Å². The lowest BCUT2D eigenvalue weighted by molar-refractivity contribution is 0.600. The standard InChI is InChI=1S/C11H14N4O2S2/c1-8(12-2)9-3-5-10(6-4-9)19(16,17)15-11-14-13-7-18-11/h3-8,12H,1-2H3,(H,14,15). The van der Waals surface area contributed by atoms with Gasteiger partial charge in [-0.15, -0.1) is 10.2 Å². The number of anilines is 1. The third-order valence-electron chi connectivity index (χ3n) is 2.71. The van der Waals surface area contributed by atoms with Gasteiger partial charge in [-0.2, -0.15) is 0 Å². The molecule has 0 aliphatic heterocycles. The molecular formula is C11H14N4O2S2. The van der Waals surface area contributed by atoms with Gasteiger partial charge in [-0.25, -0.2) is 8.42 Å². The van der Waals surface area contributed by atoms with Gasteiger partial charge in [0, 0.05) is 6.04 Å². The van der Waals surface area contributed by atoms with Crippen LogP contribution in [0.5, 0.6) is 0 Å². The van der Waals surface area contributed by atoms with Crippen LogP contribution < -0.4 is 10.0 Å². The maximum atomic E-state index is 12.1. The van der Waals surface area contributed by atoms with Crippen LogP contribution in [0.25, 0.3) is 0 Å². The van der Waals surface area contributed by atoms with Gasteiger partial charge >= 0.3 is 0 Å². The average Bonchev–Trinajstić information content (AvgIpc) is 2.90. The minimum Gasteiger partial charge on any atom is -0.313 e. The van der Waals surface area contributed by atoms with Crippen molar-refractivity contribution in [2.24, 2.45) is 0 Å². The molecule has 0 spiro atoms. The molecule has 2 rings (SSSR count). The van der Waals surface area contributed by atoms with Crippen LogP contribution in [0, 0.1) is 0 Å². The quantitative estimate of drug-likeness (QED) is 0.876. The fraction of sp³-hybridized carbons (Fsp3) is 0.273. The lowest BCUT2D eigenvalue weighted by atomic mass is 10.1. The average molecular weight is 298 g/mol. The summed E-state index contributed by atoms with van der Waals surface area (Å²) < 4.78 is 26.5. The first-order valence-corrected chi connectivity index (χ1v) is 7.95. The Bertz CT molecular complexity index is 623. The van der Waals surface area contributed by atoms with Gasteiger partial charge in [-0.05, 0) is 31.7 Å². The maximum Gasteiger partial charge on any atom is 0.263 e. The predicted octanol–water partition coefficient (Wildman–Crippen LogP) is 1.62. The van der Waals surface area contributed by atoms with E-state index in [1.54, 1.807) is 24.3 Å². The van der Waals surface area contributed by atoms with Crippen LogP contribution in [-0.4, -0.2) is 25.7 Å². The van der Waals surface area contributed by atoms with Crippen LogP contribution in [0.3, 0.4) is 0 Å². The summed E-state index contributed by atoms with van der Waals surface area (Å²) in [6.45, 7) is 2.00. The maximum absolute atomic E-state index is 12.1. The molecule has 0 aliphatic carbocycles. The second kappa shape index (κ2) is 5.64. The summed E-state index contributed by atoms with van der Waals surface area (Å²) in [6, 6.07) is 6.90. The molecule has 1 aromatic carbocycles. The van der Waals surface area contributed by atoms with E-state index >= 15 is 0 Å². The van der Waals surface area contributed by atoms with Gasteiger partial charge in [-0.3, -0.25) is 4.72 Å². The molecule has 1 atom stereocenters. The first-order chi connectivity index (χ1) is 9.03. The molecule has 0 aliphatic rings. The van der Waals surface area contributed by atoms with E-state index in [4.69, 9.17) is 0 Å². The molecule has 0 bridgehead atoms. The SMILES string of the molecule is CNC(C)c1ccc(S(=O)(=O)Nc2nncs2)cc1. The highest BCUT2D eigenvalue weighted by Crippen LogP contribution is 2.19. The van der Waals surface area contributed by atoms with Gasteiger partial charge in [0.2, 0.25) is 5.13 Å². The summed E-state index contributed by atoms with van der Waals surface area (Å²) in [5, 5.41) is 10.6. The van der Waals surface area contributed by atoms with Gasteiger partial charge < -0.3 is 5.32 Å². The van der Waals surface area contributed by atoms with E-state index in [9.17, 15) is 8.42 Å². The van der Waals surface area contributed by atoms with Gasteiger partial charge in [0.05, 0.1) is 4.90 Å². The Labute approximate surface area is 115 Å². The highest BCUT2D eigenvalue weighted by Gasteiger charge is 2.16. The van der Waals surface area contributed by atoms with Crippen molar-refractivity contribution in [3.05, 3.63) is 35.3 Å². The topological polar surface area (TPSA) is 84.0 Å². The molecule has 0 fully saturated rings. The highest BCUT2D eigenvalue weighted by atomic mass is 32.2. The van der Waals surface area contributed by atoms with E-state index in [1.807, 2.05) is 14.0 Å². The third-order valence-corrected chi connectivity index (χ3v) is 4.80. The Kier molecular flexibility index (Phi) is 4.13. The van der Waals surface area contributed by atoms with Crippen LogP contribution in [-0.2, 0) is 10.0 Å². The zero-order valence-electron chi connectivity index (χ0n) is 10.5. The van der Waals surface area contributed by atoms with Crippen molar-refractivity contribution in [2.75, 3.05) is 11.8 Å². The first-order valence-electron chi connectivity index (χ1n) is 5.59. The zero-order valence-corrected chi connectivity index (χ0v) is 12.1. The van der Waals surface area contributed by atoms with Crippen LogP contribution in [0.15, 0.2) is 34.7 Å². The summed E-state index contributed by atoms with van der Waals surface area (Å²) >= 11 is 1.13. The van der Waals surface area contributed by atoms with Crippen LogP contribution in [0.1, 0.15) is 18.5 Å². The number of hydrogen-bond acceptors (Lipinski definition) is 6. The van der Waals surface area contributed by atoms with Crippen LogP contribution in [0.2, 0.25) is 0 Å². The molecular weight excluding hydrogens is 284 g/mol. The number of benzene rings is 1. The van der Waals surface area contributed by atoms with E-state index < -0.39 is 10.0 Å². The Morgan fingerprint density at radius 3 is 2.47 bits per heavy atom. The summed E-state index contributed by atoms with van der Waals surface area (Å²) in [4.78, 5) is 0.203. The molecule has 0 radical (unpaired) electrons. The van der Waals surface area contributed by atoms with Crippen molar-refractivity contribution in [1.82, 2.24) is 15.5 Å². The van der Waals surface area contributed by atoms with Crippen LogP contribution >= 0.6 is 11.3 Å². The second-order valence-corrected chi connectivity index (χ2v) is 6.44. The molecule has 0 saturated heterocycles. The minimum atomic E-state index is -3.59. The number of nitrogens with one attached hydrogen (secondary N) is 2.